The van der Waals surface area contributed by atoms with Crippen LogP contribution in [-0.2, 0) is 6.42 Å². The summed E-state index contributed by atoms with van der Waals surface area (Å²) in [7, 11) is 0. The molecule has 4 nitrogen and oxygen atoms in total. The number of hydrogen-bond acceptors (Lipinski definition) is 3. The summed E-state index contributed by atoms with van der Waals surface area (Å²) in [6.07, 6.45) is 6.97. The second-order valence-corrected chi connectivity index (χ2v) is 7.90. The van der Waals surface area contributed by atoms with Gasteiger partial charge in [0.25, 0.3) is 0 Å². The van der Waals surface area contributed by atoms with Crippen LogP contribution in [0.1, 0.15) is 18.4 Å². The van der Waals surface area contributed by atoms with Crippen molar-refractivity contribution in [2.24, 2.45) is 0 Å². The van der Waals surface area contributed by atoms with Gasteiger partial charge in [-0.1, -0.05) is 6.07 Å². The van der Waals surface area contributed by atoms with Crippen molar-refractivity contribution in [2.45, 2.75) is 19.3 Å². The van der Waals surface area contributed by atoms with E-state index in [1.54, 1.807) is 18.4 Å². The fourth-order valence-corrected chi connectivity index (χ4v) is 4.46. The van der Waals surface area contributed by atoms with Gasteiger partial charge in [0.15, 0.2) is 0 Å². The van der Waals surface area contributed by atoms with Crippen LogP contribution in [0.4, 0.5) is 10.1 Å². The van der Waals surface area contributed by atoms with E-state index in [1.165, 1.54) is 22.7 Å². The van der Waals surface area contributed by atoms with Crippen molar-refractivity contribution in [3.05, 3.63) is 66.3 Å². The number of hydrogen-bond donors (Lipinski definition) is 1. The topological polar surface area (TPSA) is 35.4 Å². The maximum absolute atomic E-state index is 13.5. The van der Waals surface area contributed by atoms with Crippen molar-refractivity contribution in [2.75, 3.05) is 37.6 Å². The second kappa shape index (κ2) is 10.4. The minimum atomic E-state index is -0.201. The zero-order valence-electron chi connectivity index (χ0n) is 17.4. The van der Waals surface area contributed by atoms with Crippen molar-refractivity contribution in [3.8, 4) is 0 Å². The number of unbranched alkanes of at least 4 members (excludes halogenated alkanes) is 1. The van der Waals surface area contributed by atoms with Crippen LogP contribution < -0.4 is 4.90 Å². The molecule has 1 fully saturated rings. The number of anilines is 1. The normalized spacial score (nSPS) is 14.5. The molecular weight excluding hydrogens is 436 g/mol. The summed E-state index contributed by atoms with van der Waals surface area (Å²) in [5, 5.41) is 2.22. The number of piperazine rings is 1. The molecule has 0 amide bonds. The van der Waals surface area contributed by atoms with Crippen LogP contribution in [-0.4, -0.2) is 42.6 Å². The summed E-state index contributed by atoms with van der Waals surface area (Å²) < 4.78 is 19.0. The van der Waals surface area contributed by atoms with Gasteiger partial charge in [0.1, 0.15) is 11.4 Å². The number of aromatic nitrogens is 1. The molecule has 2 aromatic heterocycles. The SMILES string of the molecule is Cl.Cl.Fc1ccc2occ(CCCCN3CCN(c4cccc5[nH]ccc45)CC3)c2c1. The fourth-order valence-electron chi connectivity index (χ4n) is 4.46. The summed E-state index contributed by atoms with van der Waals surface area (Å²) in [4.78, 5) is 8.36. The molecule has 0 spiro atoms. The van der Waals surface area contributed by atoms with Crippen LogP contribution in [0.5, 0.6) is 0 Å². The minimum Gasteiger partial charge on any atom is -0.464 e. The van der Waals surface area contributed by atoms with Gasteiger partial charge in [-0.3, -0.25) is 4.90 Å². The number of aromatic amines is 1. The number of halogens is 3. The highest BCUT2D eigenvalue weighted by Crippen LogP contribution is 2.27. The molecule has 2 aromatic carbocycles. The van der Waals surface area contributed by atoms with Gasteiger partial charge in [0.2, 0.25) is 0 Å². The van der Waals surface area contributed by atoms with Gasteiger partial charge in [0, 0.05) is 54.4 Å². The standard InChI is InChI=1S/C24H26FN3O.2ClH/c25-19-7-8-24-21(16-19)18(17-29-24)4-1-2-11-27-12-14-28(15-13-27)23-6-3-5-22-20(23)9-10-26-22;;/h3,5-10,16-17,26H,1-2,4,11-15H2;2*1H. The van der Waals surface area contributed by atoms with E-state index in [0.717, 1.165) is 68.5 Å². The molecule has 1 saturated heterocycles. The number of fused-ring (bicyclic) bond motifs is 2. The van der Waals surface area contributed by atoms with Gasteiger partial charge in [-0.05, 0) is 67.8 Å². The third-order valence-electron chi connectivity index (χ3n) is 6.07. The van der Waals surface area contributed by atoms with Gasteiger partial charge < -0.3 is 14.3 Å². The number of aryl methyl sites for hydroxylation is 1. The third kappa shape index (κ3) is 5.00. The van der Waals surface area contributed by atoms with Crippen LogP contribution in [0.25, 0.3) is 21.9 Å². The Balaban J connectivity index is 0.00000136. The summed E-state index contributed by atoms with van der Waals surface area (Å²) in [6, 6.07) is 13.4. The molecule has 0 saturated carbocycles. The summed E-state index contributed by atoms with van der Waals surface area (Å²) in [5.41, 5.74) is 4.43. The molecule has 3 heterocycles. The van der Waals surface area contributed by atoms with Gasteiger partial charge in [0.05, 0.1) is 6.26 Å². The molecule has 1 aliphatic heterocycles. The van der Waals surface area contributed by atoms with Crippen molar-refractivity contribution in [3.63, 3.8) is 0 Å². The van der Waals surface area contributed by atoms with E-state index in [0.29, 0.717) is 0 Å². The molecule has 0 atom stereocenters. The molecule has 0 unspecified atom stereocenters. The Labute approximate surface area is 194 Å². The van der Waals surface area contributed by atoms with Crippen LogP contribution in [0.2, 0.25) is 0 Å². The molecular formula is C24H28Cl2FN3O. The largest absolute Gasteiger partial charge is 0.464 e. The third-order valence-corrected chi connectivity index (χ3v) is 6.07. The van der Waals surface area contributed by atoms with Crippen molar-refractivity contribution < 1.29 is 8.81 Å². The molecule has 1 aliphatic rings. The van der Waals surface area contributed by atoms with Crippen LogP contribution in [0.3, 0.4) is 0 Å². The average Bonchev–Trinajstić information content (AvgIpc) is 3.38. The highest BCUT2D eigenvalue weighted by molar-refractivity contribution is 5.92. The van der Waals surface area contributed by atoms with Crippen LogP contribution in [0, 0.1) is 5.82 Å². The highest BCUT2D eigenvalue weighted by Gasteiger charge is 2.18. The lowest BCUT2D eigenvalue weighted by molar-refractivity contribution is 0.253. The Bertz CT molecular complexity index is 1120. The first-order valence-electron chi connectivity index (χ1n) is 10.5. The lowest BCUT2D eigenvalue weighted by Crippen LogP contribution is -2.46. The molecule has 5 rings (SSSR count). The first-order valence-corrected chi connectivity index (χ1v) is 10.5. The quantitative estimate of drug-likeness (QED) is 0.354. The van der Waals surface area contributed by atoms with Crippen molar-refractivity contribution in [1.29, 1.82) is 0 Å². The number of rotatable bonds is 6. The van der Waals surface area contributed by atoms with Gasteiger partial charge in [-0.25, -0.2) is 4.39 Å². The lowest BCUT2D eigenvalue weighted by Gasteiger charge is -2.36. The van der Waals surface area contributed by atoms with E-state index in [4.69, 9.17) is 4.42 Å². The van der Waals surface area contributed by atoms with Crippen LogP contribution >= 0.6 is 24.8 Å². The Morgan fingerprint density at radius 2 is 1.77 bits per heavy atom. The van der Waals surface area contributed by atoms with Gasteiger partial charge in [-0.15, -0.1) is 24.8 Å². The molecule has 0 bridgehead atoms. The van der Waals surface area contributed by atoms with Gasteiger partial charge in [-0.2, -0.15) is 0 Å². The van der Waals surface area contributed by atoms with E-state index in [9.17, 15) is 4.39 Å². The monoisotopic (exact) mass is 463 g/mol. The number of nitrogens with one attached hydrogen (secondary N) is 1. The molecule has 1 N–H and O–H groups in total. The van der Waals surface area contributed by atoms with E-state index < -0.39 is 0 Å². The Morgan fingerprint density at radius 1 is 0.935 bits per heavy atom. The predicted molar refractivity (Wildman–Crippen MR) is 131 cm³/mol. The molecule has 7 heteroatoms. The van der Waals surface area contributed by atoms with E-state index in [2.05, 4.69) is 39.0 Å². The van der Waals surface area contributed by atoms with E-state index >= 15 is 0 Å². The molecule has 0 aliphatic carbocycles. The van der Waals surface area contributed by atoms with E-state index in [1.807, 2.05) is 6.20 Å². The van der Waals surface area contributed by atoms with Crippen molar-refractivity contribution in [1.82, 2.24) is 9.88 Å². The maximum Gasteiger partial charge on any atom is 0.134 e. The first kappa shape index (κ1) is 23.5. The number of H-pyrrole nitrogens is 1. The Morgan fingerprint density at radius 3 is 2.61 bits per heavy atom. The minimum absolute atomic E-state index is 0. The number of benzene rings is 2. The fraction of sp³-hybridized carbons (Fsp3) is 0.333. The number of nitrogens with zero attached hydrogens (tertiary/aromatic N) is 2. The highest BCUT2D eigenvalue weighted by atomic mass is 35.5. The zero-order chi connectivity index (χ0) is 19.6. The maximum atomic E-state index is 13.5. The Kier molecular flexibility index (Phi) is 7.87. The summed E-state index contributed by atoms with van der Waals surface area (Å²) >= 11 is 0. The number of furan rings is 1. The Hall–Kier alpha value is -2.21. The van der Waals surface area contributed by atoms with Gasteiger partial charge >= 0.3 is 0 Å². The summed E-state index contributed by atoms with van der Waals surface area (Å²) in [5.74, 6) is -0.201. The molecule has 4 aromatic rings. The second-order valence-electron chi connectivity index (χ2n) is 7.90. The van der Waals surface area contributed by atoms with Crippen LogP contribution in [0.15, 0.2) is 59.3 Å². The molecule has 166 valence electrons. The average molecular weight is 464 g/mol. The first-order chi connectivity index (χ1) is 14.3. The summed E-state index contributed by atoms with van der Waals surface area (Å²) in [6.45, 7) is 5.44. The zero-order valence-corrected chi connectivity index (χ0v) is 19.0. The van der Waals surface area contributed by atoms with E-state index in [-0.39, 0.29) is 30.6 Å². The lowest BCUT2D eigenvalue weighted by atomic mass is 10.1. The predicted octanol–water partition coefficient (Wildman–Crippen LogP) is 6.04. The molecule has 0 radical (unpaired) electrons. The van der Waals surface area contributed by atoms with Crippen molar-refractivity contribution >= 4 is 52.4 Å². The smallest absolute Gasteiger partial charge is 0.134 e. The molecule has 31 heavy (non-hydrogen) atoms.